The van der Waals surface area contributed by atoms with Crippen LogP contribution < -0.4 is 10.7 Å². The Bertz CT molecular complexity index is 1080. The van der Waals surface area contributed by atoms with Crippen molar-refractivity contribution in [2.75, 3.05) is 0 Å². The maximum atomic E-state index is 12.6. The standard InChI is InChI=1S/C22H20N4O6/c27-21(25-23-14-18-11-12-20(32-18)26(29)30)19(13-16-7-3-1-4-8-16)24-22(28)31-15-17-9-5-2-6-10-17/h1-12,14,19H,13,15H2,(H,24,28)(H,25,27)/b23-14+/t19-/m0/s1. The van der Waals surface area contributed by atoms with Gasteiger partial charge >= 0.3 is 12.0 Å². The van der Waals surface area contributed by atoms with Crippen molar-refractivity contribution in [1.82, 2.24) is 10.7 Å². The van der Waals surface area contributed by atoms with Gasteiger partial charge in [-0.1, -0.05) is 60.7 Å². The first kappa shape index (κ1) is 22.2. The number of ether oxygens (including phenoxy) is 1. The minimum Gasteiger partial charge on any atom is -0.445 e. The fraction of sp³-hybridized carbons (Fsp3) is 0.136. The minimum absolute atomic E-state index is 0.0573. The molecule has 10 heteroatoms. The van der Waals surface area contributed by atoms with Crippen LogP contribution in [0.25, 0.3) is 0 Å². The van der Waals surface area contributed by atoms with Crippen molar-refractivity contribution in [2.45, 2.75) is 19.1 Å². The molecule has 164 valence electrons. The zero-order chi connectivity index (χ0) is 22.8. The number of carbonyl (C=O) groups excluding carboxylic acids is 2. The van der Waals surface area contributed by atoms with Gasteiger partial charge in [0.2, 0.25) is 0 Å². The molecule has 0 spiro atoms. The van der Waals surface area contributed by atoms with Gasteiger partial charge in [0.1, 0.15) is 17.6 Å². The lowest BCUT2D eigenvalue weighted by atomic mass is 10.1. The van der Waals surface area contributed by atoms with Crippen LogP contribution in [-0.2, 0) is 22.6 Å². The SMILES string of the molecule is O=C(N[C@@H](Cc1ccccc1)C(=O)N/N=C/c1ccc([N+](=O)[O-])o1)OCc1ccccc1. The third kappa shape index (κ3) is 6.80. The molecule has 0 radical (unpaired) electrons. The number of nitrogens with zero attached hydrogens (tertiary/aromatic N) is 2. The van der Waals surface area contributed by atoms with Crippen molar-refractivity contribution in [3.05, 3.63) is 99.8 Å². The summed E-state index contributed by atoms with van der Waals surface area (Å²) >= 11 is 0. The van der Waals surface area contributed by atoms with Crippen LogP contribution in [0, 0.1) is 10.1 Å². The number of carbonyl (C=O) groups is 2. The third-order valence-corrected chi connectivity index (χ3v) is 4.26. The Kier molecular flexibility index (Phi) is 7.68. The molecule has 1 atom stereocenters. The van der Waals surface area contributed by atoms with Crippen LogP contribution >= 0.6 is 0 Å². The highest BCUT2D eigenvalue weighted by Gasteiger charge is 2.22. The van der Waals surface area contributed by atoms with Gasteiger partial charge in [0.15, 0.2) is 5.76 Å². The Hall–Kier alpha value is -4.47. The largest absolute Gasteiger partial charge is 0.445 e. The van der Waals surface area contributed by atoms with Crippen molar-refractivity contribution in [3.8, 4) is 0 Å². The second-order valence-corrected chi connectivity index (χ2v) is 6.62. The smallest absolute Gasteiger partial charge is 0.433 e. The molecule has 2 N–H and O–H groups in total. The van der Waals surface area contributed by atoms with E-state index in [0.29, 0.717) is 0 Å². The van der Waals surface area contributed by atoms with Gasteiger partial charge in [0.05, 0.1) is 12.3 Å². The average Bonchev–Trinajstić information content (AvgIpc) is 3.28. The molecule has 0 saturated carbocycles. The number of hydrogen-bond donors (Lipinski definition) is 2. The van der Waals surface area contributed by atoms with Gasteiger partial charge in [-0.3, -0.25) is 14.9 Å². The van der Waals surface area contributed by atoms with Crippen molar-refractivity contribution < 1.29 is 23.7 Å². The lowest BCUT2D eigenvalue weighted by Gasteiger charge is -2.17. The van der Waals surface area contributed by atoms with E-state index in [1.807, 2.05) is 60.7 Å². The van der Waals surface area contributed by atoms with Crippen molar-refractivity contribution in [2.24, 2.45) is 5.10 Å². The lowest BCUT2D eigenvalue weighted by molar-refractivity contribution is -0.402. The van der Waals surface area contributed by atoms with Crippen LogP contribution in [0.2, 0.25) is 0 Å². The Balaban J connectivity index is 1.61. The average molecular weight is 436 g/mol. The van der Waals surface area contributed by atoms with E-state index in [-0.39, 0.29) is 18.8 Å². The predicted molar refractivity (Wildman–Crippen MR) is 115 cm³/mol. The summed E-state index contributed by atoms with van der Waals surface area (Å²) in [5.41, 5.74) is 3.93. The first-order chi connectivity index (χ1) is 15.5. The summed E-state index contributed by atoms with van der Waals surface area (Å²) in [7, 11) is 0. The van der Waals surface area contributed by atoms with E-state index in [1.54, 1.807) is 0 Å². The van der Waals surface area contributed by atoms with Gasteiger partial charge < -0.3 is 14.5 Å². The predicted octanol–water partition coefficient (Wildman–Crippen LogP) is 3.18. The van der Waals surface area contributed by atoms with Gasteiger partial charge in [0, 0.05) is 6.42 Å². The zero-order valence-corrected chi connectivity index (χ0v) is 16.8. The molecule has 0 saturated heterocycles. The number of benzene rings is 2. The second kappa shape index (κ2) is 11.1. The quantitative estimate of drug-likeness (QED) is 0.300. The molecule has 0 aliphatic heterocycles. The Morgan fingerprint density at radius 1 is 1.03 bits per heavy atom. The molecule has 10 nitrogen and oxygen atoms in total. The highest BCUT2D eigenvalue weighted by molar-refractivity contribution is 5.87. The summed E-state index contributed by atoms with van der Waals surface area (Å²) in [5.74, 6) is -0.947. The van der Waals surface area contributed by atoms with Crippen LogP contribution in [0.1, 0.15) is 16.9 Å². The number of amides is 2. The van der Waals surface area contributed by atoms with Crippen LogP contribution in [0.15, 0.2) is 82.3 Å². The summed E-state index contributed by atoms with van der Waals surface area (Å²) in [5, 5.41) is 16.9. The topological polar surface area (TPSA) is 136 Å². The maximum Gasteiger partial charge on any atom is 0.433 e. The highest BCUT2D eigenvalue weighted by atomic mass is 16.6. The summed E-state index contributed by atoms with van der Waals surface area (Å²) in [4.78, 5) is 34.8. The molecular formula is C22H20N4O6. The molecule has 0 aliphatic carbocycles. The number of hydrazone groups is 1. The van der Waals surface area contributed by atoms with Crippen LogP contribution in [0.5, 0.6) is 0 Å². The Labute approximate surface area is 183 Å². The number of rotatable bonds is 9. The van der Waals surface area contributed by atoms with Gasteiger partial charge in [0.25, 0.3) is 5.91 Å². The normalized spacial score (nSPS) is 11.6. The fourth-order valence-electron chi connectivity index (χ4n) is 2.71. The molecule has 0 aliphatic rings. The lowest BCUT2D eigenvalue weighted by Crippen LogP contribution is -2.47. The molecule has 2 aromatic carbocycles. The van der Waals surface area contributed by atoms with E-state index in [0.717, 1.165) is 17.3 Å². The fourth-order valence-corrected chi connectivity index (χ4v) is 2.71. The first-order valence-corrected chi connectivity index (χ1v) is 9.59. The van der Waals surface area contributed by atoms with E-state index in [4.69, 9.17) is 9.15 Å². The summed E-state index contributed by atoms with van der Waals surface area (Å²) < 4.78 is 10.1. The molecule has 1 heterocycles. The van der Waals surface area contributed by atoms with Gasteiger partial charge in [-0.25, -0.2) is 10.2 Å². The number of furan rings is 1. The monoisotopic (exact) mass is 436 g/mol. The van der Waals surface area contributed by atoms with E-state index < -0.39 is 28.8 Å². The minimum atomic E-state index is -0.969. The molecule has 0 fully saturated rings. The molecule has 2 amide bonds. The van der Waals surface area contributed by atoms with Crippen LogP contribution in [0.4, 0.5) is 10.7 Å². The maximum absolute atomic E-state index is 12.6. The molecule has 1 aromatic heterocycles. The summed E-state index contributed by atoms with van der Waals surface area (Å²) in [6.07, 6.45) is 0.572. The molecule has 0 bridgehead atoms. The number of alkyl carbamates (subject to hydrolysis) is 1. The Morgan fingerprint density at radius 3 is 2.31 bits per heavy atom. The van der Waals surface area contributed by atoms with Crippen molar-refractivity contribution >= 4 is 24.1 Å². The number of nitro groups is 1. The van der Waals surface area contributed by atoms with E-state index in [1.165, 1.54) is 12.1 Å². The van der Waals surface area contributed by atoms with E-state index >= 15 is 0 Å². The first-order valence-electron chi connectivity index (χ1n) is 9.59. The van der Waals surface area contributed by atoms with E-state index in [2.05, 4.69) is 15.8 Å². The van der Waals surface area contributed by atoms with Gasteiger partial charge in [-0.15, -0.1) is 0 Å². The molecule has 0 unspecified atom stereocenters. The van der Waals surface area contributed by atoms with Crippen LogP contribution in [-0.4, -0.2) is 29.2 Å². The molecule has 32 heavy (non-hydrogen) atoms. The molecule has 3 aromatic rings. The zero-order valence-electron chi connectivity index (χ0n) is 16.8. The van der Waals surface area contributed by atoms with E-state index in [9.17, 15) is 19.7 Å². The summed E-state index contributed by atoms with van der Waals surface area (Å²) in [6.45, 7) is 0.0573. The highest BCUT2D eigenvalue weighted by Crippen LogP contribution is 2.13. The van der Waals surface area contributed by atoms with Crippen molar-refractivity contribution in [3.63, 3.8) is 0 Å². The molecule has 3 rings (SSSR count). The van der Waals surface area contributed by atoms with Gasteiger partial charge in [-0.2, -0.15) is 5.10 Å². The second-order valence-electron chi connectivity index (χ2n) is 6.62. The molecular weight excluding hydrogens is 416 g/mol. The van der Waals surface area contributed by atoms with Gasteiger partial charge in [-0.05, 0) is 17.2 Å². The third-order valence-electron chi connectivity index (χ3n) is 4.26. The van der Waals surface area contributed by atoms with Crippen molar-refractivity contribution in [1.29, 1.82) is 0 Å². The van der Waals surface area contributed by atoms with Crippen LogP contribution in [0.3, 0.4) is 0 Å². The number of hydrogen-bond acceptors (Lipinski definition) is 7. The Morgan fingerprint density at radius 2 is 1.69 bits per heavy atom. The number of nitrogens with one attached hydrogen (secondary N) is 2. The summed E-state index contributed by atoms with van der Waals surface area (Å²) in [6, 6.07) is 19.8.